The van der Waals surface area contributed by atoms with Gasteiger partial charge in [-0.3, -0.25) is 4.68 Å². The summed E-state index contributed by atoms with van der Waals surface area (Å²) < 4.78 is 7.24. The molecule has 1 fully saturated rings. The first-order chi connectivity index (χ1) is 10.1. The van der Waals surface area contributed by atoms with Crippen molar-refractivity contribution in [2.45, 2.75) is 38.8 Å². The van der Waals surface area contributed by atoms with Gasteiger partial charge in [0.25, 0.3) is 0 Å². The van der Waals surface area contributed by atoms with E-state index in [9.17, 15) is 0 Å². The van der Waals surface area contributed by atoms with Crippen molar-refractivity contribution in [2.24, 2.45) is 0 Å². The quantitative estimate of drug-likeness (QED) is 0.609. The molecule has 2 heterocycles. The van der Waals surface area contributed by atoms with E-state index < -0.39 is 0 Å². The lowest BCUT2D eigenvalue weighted by atomic mass is 10.2. The summed E-state index contributed by atoms with van der Waals surface area (Å²) >= 11 is 17.3. The zero-order chi connectivity index (χ0) is 15.2. The maximum atomic E-state index is 6.07. The van der Waals surface area contributed by atoms with Gasteiger partial charge in [-0.2, -0.15) is 5.10 Å². The molecule has 2 N–H and O–H groups in total. The molecule has 2 rings (SSSR count). The summed E-state index contributed by atoms with van der Waals surface area (Å²) in [6.45, 7) is 4.93. The highest BCUT2D eigenvalue weighted by Crippen LogP contribution is 2.24. The number of nitrogens with one attached hydrogen (secondary N) is 2. The standard InChI is InChI=1S/C13H20Cl2N4OS/c1-9-11(14)12(15)19(18-9)6-3-5-16-13(21)17-8-10-4-2-7-20-10/h10H,2-8H2,1H3,(H2,16,17,21). The number of rotatable bonds is 6. The van der Waals surface area contributed by atoms with Crippen molar-refractivity contribution in [3.8, 4) is 0 Å². The van der Waals surface area contributed by atoms with Gasteiger partial charge in [0, 0.05) is 26.2 Å². The van der Waals surface area contributed by atoms with Crippen LogP contribution in [0.2, 0.25) is 10.2 Å². The van der Waals surface area contributed by atoms with E-state index in [0.29, 0.717) is 21.8 Å². The van der Waals surface area contributed by atoms with Crippen LogP contribution in [0.1, 0.15) is 25.0 Å². The van der Waals surface area contributed by atoms with E-state index in [2.05, 4.69) is 15.7 Å². The van der Waals surface area contributed by atoms with Crippen LogP contribution in [0.5, 0.6) is 0 Å². The number of ether oxygens (including phenoxy) is 1. The van der Waals surface area contributed by atoms with Gasteiger partial charge in [-0.25, -0.2) is 0 Å². The Balaban J connectivity index is 1.60. The number of nitrogens with zero attached hydrogens (tertiary/aromatic N) is 2. The first-order valence-electron chi connectivity index (χ1n) is 7.09. The van der Waals surface area contributed by atoms with E-state index in [1.54, 1.807) is 4.68 Å². The summed E-state index contributed by atoms with van der Waals surface area (Å²) in [5.74, 6) is 0. The van der Waals surface area contributed by atoms with Crippen molar-refractivity contribution < 1.29 is 4.74 Å². The number of thiocarbonyl (C=S) groups is 1. The predicted molar refractivity (Wildman–Crippen MR) is 89.2 cm³/mol. The minimum atomic E-state index is 0.290. The van der Waals surface area contributed by atoms with Crippen LogP contribution < -0.4 is 10.6 Å². The lowest BCUT2D eigenvalue weighted by Gasteiger charge is -2.14. The Morgan fingerprint density at radius 3 is 2.90 bits per heavy atom. The fourth-order valence-corrected chi connectivity index (χ4v) is 2.76. The van der Waals surface area contributed by atoms with Gasteiger partial charge in [-0.15, -0.1) is 0 Å². The molecule has 21 heavy (non-hydrogen) atoms. The van der Waals surface area contributed by atoms with E-state index in [4.69, 9.17) is 40.2 Å². The van der Waals surface area contributed by atoms with E-state index in [1.807, 2.05) is 6.92 Å². The number of halogens is 2. The largest absolute Gasteiger partial charge is 0.376 e. The monoisotopic (exact) mass is 350 g/mol. The molecule has 1 aliphatic heterocycles. The van der Waals surface area contributed by atoms with Crippen LogP contribution in [0.4, 0.5) is 0 Å². The number of hydrogen-bond acceptors (Lipinski definition) is 3. The van der Waals surface area contributed by atoms with E-state index in [-0.39, 0.29) is 6.10 Å². The normalized spacial score (nSPS) is 18.0. The molecule has 1 atom stereocenters. The molecule has 8 heteroatoms. The van der Waals surface area contributed by atoms with Gasteiger partial charge in [-0.1, -0.05) is 23.2 Å². The molecule has 5 nitrogen and oxygen atoms in total. The summed E-state index contributed by atoms with van der Waals surface area (Å²) in [5, 5.41) is 12.3. The Bertz CT molecular complexity index is 489. The lowest BCUT2D eigenvalue weighted by molar-refractivity contribution is 0.114. The van der Waals surface area contributed by atoms with Gasteiger partial charge in [0.1, 0.15) is 10.2 Å². The van der Waals surface area contributed by atoms with E-state index >= 15 is 0 Å². The topological polar surface area (TPSA) is 51.1 Å². The fraction of sp³-hybridized carbons (Fsp3) is 0.692. The number of hydrogen-bond donors (Lipinski definition) is 2. The summed E-state index contributed by atoms with van der Waals surface area (Å²) in [4.78, 5) is 0. The lowest BCUT2D eigenvalue weighted by Crippen LogP contribution is -2.39. The molecule has 0 radical (unpaired) electrons. The Morgan fingerprint density at radius 2 is 2.29 bits per heavy atom. The minimum absolute atomic E-state index is 0.290. The number of aromatic nitrogens is 2. The highest BCUT2D eigenvalue weighted by atomic mass is 35.5. The summed E-state index contributed by atoms with van der Waals surface area (Å²) in [6.07, 6.45) is 3.39. The van der Waals surface area contributed by atoms with Crippen LogP contribution in [0.25, 0.3) is 0 Å². The van der Waals surface area contributed by atoms with Crippen LogP contribution in [0.15, 0.2) is 0 Å². The van der Waals surface area contributed by atoms with Gasteiger partial charge in [-0.05, 0) is 38.4 Å². The molecule has 1 aliphatic rings. The SMILES string of the molecule is Cc1nn(CCCNC(=S)NCC2CCCO2)c(Cl)c1Cl. The third-order valence-corrected chi connectivity index (χ3v) is 4.56. The highest BCUT2D eigenvalue weighted by Gasteiger charge is 2.15. The van der Waals surface area contributed by atoms with Gasteiger partial charge < -0.3 is 15.4 Å². The molecule has 0 amide bonds. The zero-order valence-corrected chi connectivity index (χ0v) is 14.3. The molecule has 0 aromatic carbocycles. The summed E-state index contributed by atoms with van der Waals surface area (Å²) in [7, 11) is 0. The molecule has 1 aromatic heterocycles. The second-order valence-electron chi connectivity index (χ2n) is 5.04. The maximum absolute atomic E-state index is 6.07. The van der Waals surface area contributed by atoms with Gasteiger partial charge >= 0.3 is 0 Å². The second-order valence-corrected chi connectivity index (χ2v) is 6.18. The maximum Gasteiger partial charge on any atom is 0.166 e. The van der Waals surface area contributed by atoms with Crippen molar-refractivity contribution in [2.75, 3.05) is 19.7 Å². The van der Waals surface area contributed by atoms with Crippen molar-refractivity contribution in [1.82, 2.24) is 20.4 Å². The fourth-order valence-electron chi connectivity index (χ4n) is 2.18. The number of aryl methyl sites for hydroxylation is 2. The van der Waals surface area contributed by atoms with Crippen molar-refractivity contribution in [3.63, 3.8) is 0 Å². The Hall–Kier alpha value is -0.560. The molecule has 0 saturated carbocycles. The third-order valence-electron chi connectivity index (χ3n) is 3.34. The Kier molecular flexibility index (Phi) is 6.54. The Labute approximate surface area is 140 Å². The molecular formula is C13H20Cl2N4OS. The van der Waals surface area contributed by atoms with Crippen LogP contribution in [-0.4, -0.2) is 40.7 Å². The zero-order valence-electron chi connectivity index (χ0n) is 12.0. The van der Waals surface area contributed by atoms with E-state index in [1.165, 1.54) is 0 Å². The van der Waals surface area contributed by atoms with Crippen LogP contribution in [0.3, 0.4) is 0 Å². The molecule has 1 unspecified atom stereocenters. The van der Waals surface area contributed by atoms with Gasteiger partial charge in [0.15, 0.2) is 5.11 Å². The molecule has 1 aromatic rings. The van der Waals surface area contributed by atoms with Crippen molar-refractivity contribution in [3.05, 3.63) is 15.9 Å². The first-order valence-corrected chi connectivity index (χ1v) is 8.26. The van der Waals surface area contributed by atoms with Gasteiger partial charge in [0.05, 0.1) is 11.8 Å². The van der Waals surface area contributed by atoms with Crippen LogP contribution >= 0.6 is 35.4 Å². The third kappa shape index (κ3) is 4.98. The minimum Gasteiger partial charge on any atom is -0.376 e. The average Bonchev–Trinajstić information content (AvgIpc) is 3.06. The van der Waals surface area contributed by atoms with Crippen LogP contribution in [-0.2, 0) is 11.3 Å². The predicted octanol–water partition coefficient (Wildman–Crippen LogP) is 2.53. The molecule has 0 aliphatic carbocycles. The van der Waals surface area contributed by atoms with Crippen molar-refractivity contribution in [1.29, 1.82) is 0 Å². The smallest absolute Gasteiger partial charge is 0.166 e. The Morgan fingerprint density at radius 1 is 1.48 bits per heavy atom. The molecule has 0 spiro atoms. The second kappa shape index (κ2) is 8.17. The molecule has 118 valence electrons. The highest BCUT2D eigenvalue weighted by molar-refractivity contribution is 7.80. The van der Waals surface area contributed by atoms with Crippen LogP contribution in [0, 0.1) is 6.92 Å². The average molecular weight is 351 g/mol. The van der Waals surface area contributed by atoms with E-state index in [0.717, 1.165) is 44.7 Å². The summed E-state index contributed by atoms with van der Waals surface area (Å²) in [5.41, 5.74) is 0.753. The van der Waals surface area contributed by atoms with Gasteiger partial charge in [0.2, 0.25) is 0 Å². The first kappa shape index (κ1) is 16.8. The summed E-state index contributed by atoms with van der Waals surface area (Å²) in [6, 6.07) is 0. The molecule has 0 bridgehead atoms. The molecular weight excluding hydrogens is 331 g/mol. The molecule has 1 saturated heterocycles. The van der Waals surface area contributed by atoms with Crippen molar-refractivity contribution >= 4 is 40.5 Å².